The first-order chi connectivity index (χ1) is 13.0. The van der Waals surface area contributed by atoms with Gasteiger partial charge in [-0.05, 0) is 30.2 Å². The van der Waals surface area contributed by atoms with Gasteiger partial charge in [-0.1, -0.05) is 12.1 Å². The molecular weight excluding hydrogens is 352 g/mol. The van der Waals surface area contributed by atoms with Crippen LogP contribution >= 0.6 is 0 Å². The van der Waals surface area contributed by atoms with Crippen molar-refractivity contribution in [2.45, 2.75) is 13.0 Å². The predicted molar refractivity (Wildman–Crippen MR) is 98.2 cm³/mol. The molecule has 9 heteroatoms. The third-order valence-electron chi connectivity index (χ3n) is 4.50. The summed E-state index contributed by atoms with van der Waals surface area (Å²) >= 11 is 0. The van der Waals surface area contributed by atoms with Crippen LogP contribution in [-0.4, -0.2) is 19.4 Å². The summed E-state index contributed by atoms with van der Waals surface area (Å²) in [6, 6.07) is 10.3. The summed E-state index contributed by atoms with van der Waals surface area (Å²) in [5, 5.41) is 22.3. The maximum Gasteiger partial charge on any atom is 0.276 e. The first-order valence-electron chi connectivity index (χ1n) is 8.09. The second kappa shape index (κ2) is 6.13. The number of rotatable bonds is 3. The highest BCUT2D eigenvalue weighted by Gasteiger charge is 2.23. The zero-order valence-electron chi connectivity index (χ0n) is 13.9. The van der Waals surface area contributed by atoms with Gasteiger partial charge in [0.25, 0.3) is 16.9 Å². The van der Waals surface area contributed by atoms with Gasteiger partial charge >= 0.3 is 0 Å². The molecule has 0 radical (unpaired) electrons. The van der Waals surface area contributed by atoms with Gasteiger partial charge in [-0.2, -0.15) is 0 Å². The highest BCUT2D eigenvalue weighted by Crippen LogP contribution is 2.30. The Kier molecular flexibility index (Phi) is 3.76. The summed E-state index contributed by atoms with van der Waals surface area (Å²) in [7, 11) is 0. The number of fused-ring (bicyclic) bond motifs is 2. The molecule has 0 amide bonds. The second-order valence-electron chi connectivity index (χ2n) is 6.09. The minimum Gasteiger partial charge on any atom is -0.292 e. The minimum absolute atomic E-state index is 0.0257. The third-order valence-corrected chi connectivity index (χ3v) is 4.50. The van der Waals surface area contributed by atoms with E-state index in [4.69, 9.17) is 0 Å². The summed E-state index contributed by atoms with van der Waals surface area (Å²) in [4.78, 5) is 38.3. The molecular formula is C18H12N4O5. The molecule has 3 aromatic rings. The number of hydrogen-bond donors (Lipinski definition) is 0. The van der Waals surface area contributed by atoms with Crippen molar-refractivity contribution in [2.75, 3.05) is 0 Å². The maximum atomic E-state index is 12.7. The molecule has 4 rings (SSSR count). The lowest BCUT2D eigenvalue weighted by molar-refractivity contribution is -0.385. The van der Waals surface area contributed by atoms with Gasteiger partial charge in [0, 0.05) is 24.7 Å². The normalized spacial score (nSPS) is 14.4. The van der Waals surface area contributed by atoms with Crippen LogP contribution in [-0.2, 0) is 6.54 Å². The van der Waals surface area contributed by atoms with Gasteiger partial charge in [0.2, 0.25) is 0 Å². The molecule has 134 valence electrons. The number of hydrogen-bond acceptors (Lipinski definition) is 6. The quantitative estimate of drug-likeness (QED) is 0.520. The molecule has 9 nitrogen and oxygen atoms in total. The Labute approximate surface area is 151 Å². The lowest BCUT2D eigenvalue weighted by Crippen LogP contribution is -2.20. The fraction of sp³-hybridized carbons (Fsp3) is 0.111. The molecule has 0 N–H and O–H groups in total. The molecule has 0 aliphatic carbocycles. The molecule has 0 bridgehead atoms. The molecule has 0 spiro atoms. The standard InChI is InChI=1S/C18H12N4O5/c23-18-14-10-13(21(24)25)5-6-15(14)19-17-12(7-8-20(17)18)9-11-3-1-2-4-16(11)22(26)27/h1-6,9-10H,7-8H2/b12-9-. The molecule has 2 heterocycles. The number of benzene rings is 2. The topological polar surface area (TPSA) is 121 Å². The van der Waals surface area contributed by atoms with Gasteiger partial charge < -0.3 is 0 Å². The number of allylic oxidation sites excluding steroid dienone is 1. The first kappa shape index (κ1) is 16.6. The van der Waals surface area contributed by atoms with Crippen molar-refractivity contribution in [2.24, 2.45) is 0 Å². The Morgan fingerprint density at radius 3 is 2.59 bits per heavy atom. The minimum atomic E-state index is -0.559. The number of para-hydroxylation sites is 1. The Morgan fingerprint density at radius 1 is 1.07 bits per heavy atom. The zero-order valence-corrected chi connectivity index (χ0v) is 13.9. The van der Waals surface area contributed by atoms with Crippen molar-refractivity contribution in [3.05, 3.63) is 84.4 Å². The lowest BCUT2D eigenvalue weighted by atomic mass is 10.1. The highest BCUT2D eigenvalue weighted by molar-refractivity contribution is 5.86. The smallest absolute Gasteiger partial charge is 0.276 e. The molecule has 0 saturated heterocycles. The van der Waals surface area contributed by atoms with E-state index < -0.39 is 9.85 Å². The van der Waals surface area contributed by atoms with Crippen LogP contribution in [0, 0.1) is 20.2 Å². The van der Waals surface area contributed by atoms with Crippen LogP contribution < -0.4 is 5.56 Å². The van der Waals surface area contributed by atoms with Crippen molar-refractivity contribution in [3.63, 3.8) is 0 Å². The number of non-ortho nitro benzene ring substituents is 1. The fourth-order valence-corrected chi connectivity index (χ4v) is 3.22. The van der Waals surface area contributed by atoms with E-state index >= 15 is 0 Å². The molecule has 0 fully saturated rings. The van der Waals surface area contributed by atoms with E-state index in [0.717, 1.165) is 0 Å². The lowest BCUT2D eigenvalue weighted by Gasteiger charge is -2.05. The van der Waals surface area contributed by atoms with Gasteiger partial charge in [0.15, 0.2) is 0 Å². The van der Waals surface area contributed by atoms with E-state index in [0.29, 0.717) is 35.4 Å². The Bertz CT molecular complexity index is 1210. The Hall–Kier alpha value is -3.88. The van der Waals surface area contributed by atoms with Crippen LogP contribution in [0.15, 0.2) is 47.3 Å². The predicted octanol–water partition coefficient (Wildman–Crippen LogP) is 3.16. The molecule has 0 atom stereocenters. The van der Waals surface area contributed by atoms with Crippen molar-refractivity contribution in [1.29, 1.82) is 0 Å². The van der Waals surface area contributed by atoms with E-state index in [1.807, 2.05) is 0 Å². The van der Waals surface area contributed by atoms with Crippen LogP contribution in [0.3, 0.4) is 0 Å². The van der Waals surface area contributed by atoms with Gasteiger partial charge in [-0.15, -0.1) is 0 Å². The SMILES string of the molecule is O=c1c2cc([N+](=O)[O-])ccc2nc2n1CC/C2=C/c1ccccc1[N+](=O)[O-]. The van der Waals surface area contributed by atoms with Crippen molar-refractivity contribution in [1.82, 2.24) is 9.55 Å². The van der Waals surface area contributed by atoms with E-state index in [-0.39, 0.29) is 22.3 Å². The molecule has 1 aromatic heterocycles. The van der Waals surface area contributed by atoms with Crippen LogP contribution in [0.2, 0.25) is 0 Å². The molecule has 2 aromatic carbocycles. The van der Waals surface area contributed by atoms with E-state index in [1.165, 1.54) is 28.8 Å². The Morgan fingerprint density at radius 2 is 1.85 bits per heavy atom. The van der Waals surface area contributed by atoms with Gasteiger partial charge in [-0.3, -0.25) is 29.6 Å². The largest absolute Gasteiger partial charge is 0.292 e. The van der Waals surface area contributed by atoms with E-state index in [9.17, 15) is 25.0 Å². The van der Waals surface area contributed by atoms with Gasteiger partial charge in [-0.25, -0.2) is 4.98 Å². The summed E-state index contributed by atoms with van der Waals surface area (Å²) in [5.74, 6) is 0.430. The first-order valence-corrected chi connectivity index (χ1v) is 8.09. The molecule has 1 aliphatic heterocycles. The number of nitrogens with zero attached hydrogens (tertiary/aromatic N) is 4. The summed E-state index contributed by atoms with van der Waals surface area (Å²) in [6.45, 7) is 0.367. The maximum absolute atomic E-state index is 12.7. The molecule has 0 saturated carbocycles. The molecule has 27 heavy (non-hydrogen) atoms. The van der Waals surface area contributed by atoms with Crippen LogP contribution in [0.4, 0.5) is 11.4 Å². The third kappa shape index (κ3) is 2.74. The number of nitro benzene ring substituents is 2. The van der Waals surface area contributed by atoms with Crippen LogP contribution in [0.1, 0.15) is 17.8 Å². The van der Waals surface area contributed by atoms with E-state index in [2.05, 4.69) is 4.98 Å². The van der Waals surface area contributed by atoms with Gasteiger partial charge in [0.1, 0.15) is 5.82 Å². The average Bonchev–Trinajstić information content (AvgIpc) is 3.05. The summed E-state index contributed by atoms with van der Waals surface area (Å²) in [5.41, 5.74) is 0.945. The van der Waals surface area contributed by atoms with Gasteiger partial charge in [0.05, 0.1) is 26.3 Å². The molecule has 1 aliphatic rings. The molecule has 0 unspecified atom stereocenters. The number of aromatic nitrogens is 2. The Balaban J connectivity index is 1.89. The average molecular weight is 364 g/mol. The van der Waals surface area contributed by atoms with Crippen molar-refractivity contribution >= 4 is 33.9 Å². The fourth-order valence-electron chi connectivity index (χ4n) is 3.22. The van der Waals surface area contributed by atoms with Crippen LogP contribution in [0.25, 0.3) is 22.6 Å². The van der Waals surface area contributed by atoms with E-state index in [1.54, 1.807) is 24.3 Å². The highest BCUT2D eigenvalue weighted by atomic mass is 16.6. The van der Waals surface area contributed by atoms with Crippen molar-refractivity contribution < 1.29 is 9.85 Å². The summed E-state index contributed by atoms with van der Waals surface area (Å²) in [6.07, 6.45) is 2.16. The van der Waals surface area contributed by atoms with Crippen LogP contribution in [0.5, 0.6) is 0 Å². The van der Waals surface area contributed by atoms with Crippen molar-refractivity contribution in [3.8, 4) is 0 Å². The monoisotopic (exact) mass is 364 g/mol. The second-order valence-corrected chi connectivity index (χ2v) is 6.09. The zero-order chi connectivity index (χ0) is 19.1. The number of nitro groups is 2. The summed E-state index contributed by atoms with van der Waals surface area (Å²) < 4.78 is 1.45.